The number of rotatable bonds is 0. The Bertz CT molecular complexity index is 355. The molecule has 2 heterocycles. The summed E-state index contributed by atoms with van der Waals surface area (Å²) in [4.78, 5) is 3.79. The average molecular weight is 120 g/mol. The van der Waals surface area contributed by atoms with Crippen molar-refractivity contribution in [2.45, 2.75) is 0 Å². The maximum absolute atomic E-state index is 7.31. The minimum absolute atomic E-state index is 0.264. The molecule has 0 bridgehead atoms. The molecule has 2 aromatic rings. The summed E-state index contributed by atoms with van der Waals surface area (Å²) in [7, 11) is 0. The highest BCUT2D eigenvalue weighted by molar-refractivity contribution is 5.41. The van der Waals surface area contributed by atoms with Gasteiger partial charge in [0.25, 0.3) is 0 Å². The van der Waals surface area contributed by atoms with E-state index in [1.807, 2.05) is 0 Å². The third-order valence-corrected chi connectivity index (χ3v) is 1.13. The van der Waals surface area contributed by atoms with Gasteiger partial charge in [-0.25, -0.2) is 4.52 Å². The first kappa shape index (κ1) is 3.61. The molecule has 9 heavy (non-hydrogen) atoms. The summed E-state index contributed by atoms with van der Waals surface area (Å²) in [6, 6.07) is 1.76. The Hall–Kier alpha value is -1.38. The van der Waals surface area contributed by atoms with Crippen molar-refractivity contribution in [3.05, 3.63) is 30.8 Å². The van der Waals surface area contributed by atoms with Crippen LogP contribution in [0.3, 0.4) is 0 Å². The number of nitrogens with zero attached hydrogens (tertiary/aromatic N) is 3. The molecule has 0 amide bonds. The molecule has 0 radical (unpaired) electrons. The van der Waals surface area contributed by atoms with Crippen LogP contribution in [0.1, 0.15) is 1.37 Å². The lowest BCUT2D eigenvalue weighted by atomic mass is 10.5. The molecule has 0 aliphatic heterocycles. The van der Waals surface area contributed by atoms with Crippen LogP contribution in [0, 0.1) is 0 Å². The van der Waals surface area contributed by atoms with E-state index in [-0.39, 0.29) is 6.17 Å². The van der Waals surface area contributed by atoms with Crippen LogP contribution in [0.25, 0.3) is 5.52 Å². The summed E-state index contributed by atoms with van der Waals surface area (Å²) in [5.41, 5.74) is 0.738. The smallest absolute Gasteiger partial charge is 0.0863 e. The van der Waals surface area contributed by atoms with E-state index in [1.54, 1.807) is 29.2 Å². The van der Waals surface area contributed by atoms with Gasteiger partial charge in [-0.05, 0) is 6.07 Å². The van der Waals surface area contributed by atoms with Gasteiger partial charge in [0.2, 0.25) is 0 Å². The SMILES string of the molecule is [2H]c1nccn2nccc12. The maximum atomic E-state index is 7.31. The van der Waals surface area contributed by atoms with Crippen molar-refractivity contribution in [2.24, 2.45) is 0 Å². The third-order valence-electron chi connectivity index (χ3n) is 1.13. The van der Waals surface area contributed by atoms with Crippen LogP contribution < -0.4 is 0 Å². The van der Waals surface area contributed by atoms with Gasteiger partial charge >= 0.3 is 0 Å². The lowest BCUT2D eigenvalue weighted by molar-refractivity contribution is 0.946. The molecule has 2 rings (SSSR count). The van der Waals surface area contributed by atoms with E-state index in [0.29, 0.717) is 0 Å². The van der Waals surface area contributed by atoms with Gasteiger partial charge in [0.15, 0.2) is 0 Å². The Morgan fingerprint density at radius 3 is 3.44 bits per heavy atom. The van der Waals surface area contributed by atoms with Crippen molar-refractivity contribution in [3.8, 4) is 0 Å². The quantitative estimate of drug-likeness (QED) is 0.513. The normalized spacial score (nSPS) is 11.8. The number of hydrogen-bond acceptors (Lipinski definition) is 2. The van der Waals surface area contributed by atoms with E-state index >= 15 is 0 Å². The molecule has 0 fully saturated rings. The molecule has 0 spiro atoms. The molecule has 0 aliphatic carbocycles. The van der Waals surface area contributed by atoms with E-state index in [0.717, 1.165) is 5.52 Å². The van der Waals surface area contributed by atoms with Gasteiger partial charge in [0.05, 0.1) is 19.3 Å². The molecule has 0 unspecified atom stereocenters. The van der Waals surface area contributed by atoms with Gasteiger partial charge in [-0.2, -0.15) is 5.10 Å². The number of aromatic nitrogens is 3. The molecule has 3 heteroatoms. The summed E-state index contributed by atoms with van der Waals surface area (Å²) in [6.45, 7) is 0. The lowest BCUT2D eigenvalue weighted by Gasteiger charge is -1.86. The van der Waals surface area contributed by atoms with Crippen LogP contribution in [0.15, 0.2) is 30.8 Å². The molecule has 3 nitrogen and oxygen atoms in total. The molecule has 0 atom stereocenters. The zero-order chi connectivity index (χ0) is 6.97. The van der Waals surface area contributed by atoms with Crippen LogP contribution in [-0.2, 0) is 0 Å². The number of fused-ring (bicyclic) bond motifs is 1. The Morgan fingerprint density at radius 1 is 1.56 bits per heavy atom. The second-order valence-corrected chi connectivity index (χ2v) is 1.70. The van der Waals surface area contributed by atoms with Crippen LogP contribution in [-0.4, -0.2) is 14.6 Å². The molecule has 0 N–H and O–H groups in total. The van der Waals surface area contributed by atoms with Crippen molar-refractivity contribution in [3.63, 3.8) is 0 Å². The Morgan fingerprint density at radius 2 is 2.56 bits per heavy atom. The second kappa shape index (κ2) is 1.55. The largest absolute Gasteiger partial charge is 0.261 e. The van der Waals surface area contributed by atoms with E-state index in [9.17, 15) is 0 Å². The van der Waals surface area contributed by atoms with Gasteiger partial charge < -0.3 is 0 Å². The Balaban J connectivity index is 2.95. The van der Waals surface area contributed by atoms with Crippen LogP contribution in [0.2, 0.25) is 0 Å². The fourth-order valence-corrected chi connectivity index (χ4v) is 0.721. The predicted molar refractivity (Wildman–Crippen MR) is 33.0 cm³/mol. The van der Waals surface area contributed by atoms with Crippen molar-refractivity contribution >= 4 is 5.52 Å². The first-order chi connectivity index (χ1) is 4.88. The Labute approximate surface area is 53.4 Å². The summed E-state index contributed by atoms with van der Waals surface area (Å²) >= 11 is 0. The summed E-state index contributed by atoms with van der Waals surface area (Å²) in [5, 5.41) is 3.94. The minimum atomic E-state index is 0.264. The van der Waals surface area contributed by atoms with Crippen LogP contribution in [0.4, 0.5) is 0 Å². The molecule has 44 valence electrons. The average Bonchev–Trinajstić information content (AvgIpc) is 2.36. The standard InChI is InChI=1S/C6H5N3/c1-2-8-9-4-3-7-5-6(1)9/h1-5H/i5D. The van der Waals surface area contributed by atoms with Crippen molar-refractivity contribution < 1.29 is 1.37 Å². The number of hydrogen-bond donors (Lipinski definition) is 0. The highest BCUT2D eigenvalue weighted by Crippen LogP contribution is 1.95. The minimum Gasteiger partial charge on any atom is -0.261 e. The van der Waals surface area contributed by atoms with Gasteiger partial charge in [0, 0.05) is 12.4 Å². The van der Waals surface area contributed by atoms with E-state index in [4.69, 9.17) is 1.37 Å². The van der Waals surface area contributed by atoms with Crippen LogP contribution >= 0.6 is 0 Å². The monoisotopic (exact) mass is 120 g/mol. The molecule has 0 aromatic carbocycles. The van der Waals surface area contributed by atoms with Crippen molar-refractivity contribution in [2.75, 3.05) is 0 Å². The highest BCUT2D eigenvalue weighted by atomic mass is 15.2. The van der Waals surface area contributed by atoms with Gasteiger partial charge in [-0.1, -0.05) is 0 Å². The first-order valence-electron chi connectivity index (χ1n) is 3.13. The molecule has 0 saturated heterocycles. The Kier molecular flexibility index (Phi) is 0.621. The topological polar surface area (TPSA) is 30.2 Å². The summed E-state index contributed by atoms with van der Waals surface area (Å²) < 4.78 is 8.93. The molecule has 0 aliphatic rings. The van der Waals surface area contributed by atoms with Crippen LogP contribution in [0.5, 0.6) is 0 Å². The van der Waals surface area contributed by atoms with E-state index in [2.05, 4.69) is 10.1 Å². The maximum Gasteiger partial charge on any atom is 0.0863 e. The molecule has 0 saturated carbocycles. The zero-order valence-electron chi connectivity index (χ0n) is 5.65. The molecule has 2 aromatic heterocycles. The fourth-order valence-electron chi connectivity index (χ4n) is 0.721. The summed E-state index contributed by atoms with van der Waals surface area (Å²) in [6.07, 6.45) is 5.19. The summed E-state index contributed by atoms with van der Waals surface area (Å²) in [5.74, 6) is 0. The third kappa shape index (κ3) is 0.579. The van der Waals surface area contributed by atoms with Crippen molar-refractivity contribution in [1.29, 1.82) is 0 Å². The van der Waals surface area contributed by atoms with Crippen molar-refractivity contribution in [1.82, 2.24) is 14.6 Å². The first-order valence-corrected chi connectivity index (χ1v) is 2.63. The lowest BCUT2D eigenvalue weighted by Crippen LogP contribution is -1.84. The highest BCUT2D eigenvalue weighted by Gasteiger charge is 1.86. The van der Waals surface area contributed by atoms with E-state index in [1.165, 1.54) is 0 Å². The predicted octanol–water partition coefficient (Wildman–Crippen LogP) is 0.729. The second-order valence-electron chi connectivity index (χ2n) is 1.70. The van der Waals surface area contributed by atoms with E-state index < -0.39 is 0 Å². The fraction of sp³-hybridized carbons (Fsp3) is 0. The molecular formula is C6H5N3. The molecular weight excluding hydrogens is 114 g/mol. The van der Waals surface area contributed by atoms with Gasteiger partial charge in [-0.3, -0.25) is 4.98 Å². The van der Waals surface area contributed by atoms with Gasteiger partial charge in [0.1, 0.15) is 0 Å². The zero-order valence-corrected chi connectivity index (χ0v) is 4.65. The van der Waals surface area contributed by atoms with Gasteiger partial charge in [-0.15, -0.1) is 0 Å².